The minimum Gasteiger partial charge on any atom is -0.497 e. The molecule has 2 heterocycles. The van der Waals surface area contributed by atoms with Gasteiger partial charge in [-0.25, -0.2) is 4.98 Å². The van der Waals surface area contributed by atoms with E-state index in [2.05, 4.69) is 10.3 Å². The average molecular weight is 358 g/mol. The Balaban J connectivity index is 1.55. The van der Waals surface area contributed by atoms with E-state index in [4.69, 9.17) is 14.2 Å². The summed E-state index contributed by atoms with van der Waals surface area (Å²) in [7, 11) is 1.64. The maximum atomic E-state index is 12.0. The van der Waals surface area contributed by atoms with Gasteiger partial charge in [-0.05, 0) is 39.0 Å². The van der Waals surface area contributed by atoms with Gasteiger partial charge in [-0.1, -0.05) is 0 Å². The molecular weight excluding hydrogens is 332 g/mol. The molecule has 6 heteroatoms. The fourth-order valence-corrected chi connectivity index (χ4v) is 2.78. The predicted molar refractivity (Wildman–Crippen MR) is 99.2 cm³/mol. The third-order valence-electron chi connectivity index (χ3n) is 4.38. The molecule has 1 N–H and O–H groups in total. The van der Waals surface area contributed by atoms with Gasteiger partial charge in [0.05, 0.1) is 24.6 Å². The van der Waals surface area contributed by atoms with Gasteiger partial charge in [0.25, 0.3) is 0 Å². The Morgan fingerprint density at radius 2 is 2.04 bits per heavy atom. The van der Waals surface area contributed by atoms with Gasteiger partial charge >= 0.3 is 5.97 Å². The first-order chi connectivity index (χ1) is 12.3. The smallest absolute Gasteiger partial charge is 0.312 e. The van der Waals surface area contributed by atoms with Crippen molar-refractivity contribution >= 4 is 16.9 Å². The number of hydrogen-bond acceptors (Lipinski definition) is 6. The summed E-state index contributed by atoms with van der Waals surface area (Å²) >= 11 is 0. The van der Waals surface area contributed by atoms with Crippen molar-refractivity contribution < 1.29 is 19.0 Å². The first-order valence-electron chi connectivity index (χ1n) is 8.87. The van der Waals surface area contributed by atoms with Gasteiger partial charge in [0, 0.05) is 36.4 Å². The highest BCUT2D eigenvalue weighted by Gasteiger charge is 2.31. The van der Waals surface area contributed by atoms with Crippen molar-refractivity contribution in [2.24, 2.45) is 11.3 Å². The summed E-state index contributed by atoms with van der Waals surface area (Å²) in [5.41, 5.74) is 0.343. The monoisotopic (exact) mass is 358 g/mol. The van der Waals surface area contributed by atoms with Crippen molar-refractivity contribution in [1.29, 1.82) is 0 Å². The molecule has 1 aromatic heterocycles. The molecule has 1 fully saturated rings. The number of pyridine rings is 1. The molecule has 0 saturated carbocycles. The van der Waals surface area contributed by atoms with Crippen LogP contribution in [0.15, 0.2) is 30.3 Å². The van der Waals surface area contributed by atoms with Crippen LogP contribution in [0.1, 0.15) is 27.2 Å². The second-order valence-corrected chi connectivity index (χ2v) is 7.67. The molecular formula is C20H26N2O4. The number of hydrogen-bond donors (Lipinski definition) is 1. The van der Waals surface area contributed by atoms with E-state index in [1.807, 2.05) is 51.1 Å². The van der Waals surface area contributed by atoms with Crippen LogP contribution in [0.3, 0.4) is 0 Å². The van der Waals surface area contributed by atoms with Gasteiger partial charge in [-0.3, -0.25) is 10.1 Å². The van der Waals surface area contributed by atoms with Gasteiger partial charge < -0.3 is 14.2 Å². The van der Waals surface area contributed by atoms with E-state index in [9.17, 15) is 4.79 Å². The largest absolute Gasteiger partial charge is 0.497 e. The molecule has 0 aliphatic carbocycles. The fraction of sp³-hybridized carbons (Fsp3) is 0.500. The van der Waals surface area contributed by atoms with Crippen LogP contribution in [-0.2, 0) is 9.53 Å². The normalized spacial score (nSPS) is 20.2. The Bertz CT molecular complexity index is 785. The molecule has 26 heavy (non-hydrogen) atoms. The van der Waals surface area contributed by atoms with Crippen LogP contribution in [0.25, 0.3) is 10.9 Å². The van der Waals surface area contributed by atoms with Crippen molar-refractivity contribution in [3.63, 3.8) is 0 Å². The number of fused-ring (bicyclic) bond motifs is 1. The molecule has 0 bridgehead atoms. The van der Waals surface area contributed by atoms with Gasteiger partial charge in [-0.2, -0.15) is 0 Å². The molecule has 1 saturated heterocycles. The van der Waals surface area contributed by atoms with Crippen LogP contribution in [0.2, 0.25) is 0 Å². The number of nitrogens with zero attached hydrogens (tertiary/aromatic N) is 1. The number of nitrogens with one attached hydrogen (secondary N) is 1. The molecule has 140 valence electrons. The molecule has 1 aliphatic rings. The second kappa shape index (κ2) is 7.50. The van der Waals surface area contributed by atoms with E-state index in [1.165, 1.54) is 0 Å². The first kappa shape index (κ1) is 18.5. The van der Waals surface area contributed by atoms with Crippen molar-refractivity contribution in [1.82, 2.24) is 10.3 Å². The standard InChI is InChI=1S/C20H26N2O4/c1-20(2,3)19(23)26-18-9-13(11-21-18)12-25-17-8-6-14-5-7-15(24-4)10-16(14)22-17/h5-8,10,13,18,21H,9,11-12H2,1-4H3. The SMILES string of the molecule is COc1ccc2ccc(OCC3CNC(OC(=O)C(C)(C)C)C3)nc2c1. The van der Waals surface area contributed by atoms with Crippen LogP contribution in [-0.4, -0.2) is 37.4 Å². The lowest BCUT2D eigenvalue weighted by Crippen LogP contribution is -2.33. The first-order valence-corrected chi connectivity index (χ1v) is 8.87. The predicted octanol–water partition coefficient (Wildman–Crippen LogP) is 3.15. The van der Waals surface area contributed by atoms with Gasteiger partial charge in [0.15, 0.2) is 6.23 Å². The number of rotatable bonds is 5. The number of benzene rings is 1. The van der Waals surface area contributed by atoms with E-state index in [-0.39, 0.29) is 18.1 Å². The average Bonchev–Trinajstić information content (AvgIpc) is 3.05. The molecule has 2 aromatic rings. The number of methoxy groups -OCH3 is 1. The molecule has 3 rings (SSSR count). The second-order valence-electron chi connectivity index (χ2n) is 7.67. The van der Waals surface area contributed by atoms with E-state index in [0.29, 0.717) is 12.5 Å². The van der Waals surface area contributed by atoms with Crippen molar-refractivity contribution in [3.05, 3.63) is 30.3 Å². The van der Waals surface area contributed by atoms with Crippen LogP contribution in [0.4, 0.5) is 0 Å². The van der Waals surface area contributed by atoms with Crippen LogP contribution in [0.5, 0.6) is 11.6 Å². The zero-order chi connectivity index (χ0) is 18.7. The minimum absolute atomic E-state index is 0.193. The number of esters is 1. The minimum atomic E-state index is -0.494. The highest BCUT2D eigenvalue weighted by molar-refractivity contribution is 5.80. The molecule has 0 amide bonds. The van der Waals surface area contributed by atoms with Crippen molar-refractivity contribution in [3.8, 4) is 11.6 Å². The molecule has 2 unspecified atom stereocenters. The Hall–Kier alpha value is -2.34. The Labute approximate surface area is 153 Å². The third kappa shape index (κ3) is 4.43. The summed E-state index contributed by atoms with van der Waals surface area (Å²) in [5, 5.41) is 4.27. The lowest BCUT2D eigenvalue weighted by atomic mass is 9.97. The number of carbonyl (C=O) groups excluding carboxylic acids is 1. The maximum Gasteiger partial charge on any atom is 0.312 e. The van der Waals surface area contributed by atoms with Gasteiger partial charge in [0.2, 0.25) is 5.88 Å². The Kier molecular flexibility index (Phi) is 5.32. The summed E-state index contributed by atoms with van der Waals surface area (Å²) in [5.74, 6) is 1.43. The molecule has 0 radical (unpaired) electrons. The molecule has 6 nitrogen and oxygen atoms in total. The molecule has 1 aliphatic heterocycles. The zero-order valence-electron chi connectivity index (χ0n) is 15.7. The Morgan fingerprint density at radius 1 is 1.27 bits per heavy atom. The summed E-state index contributed by atoms with van der Waals surface area (Å²) in [4.78, 5) is 16.5. The highest BCUT2D eigenvalue weighted by atomic mass is 16.6. The van der Waals surface area contributed by atoms with Crippen LogP contribution < -0.4 is 14.8 Å². The van der Waals surface area contributed by atoms with E-state index >= 15 is 0 Å². The van der Waals surface area contributed by atoms with E-state index in [1.54, 1.807) is 7.11 Å². The molecule has 1 aromatic carbocycles. The Morgan fingerprint density at radius 3 is 2.77 bits per heavy atom. The van der Waals surface area contributed by atoms with Crippen molar-refractivity contribution in [2.45, 2.75) is 33.4 Å². The highest BCUT2D eigenvalue weighted by Crippen LogP contribution is 2.24. The number of carbonyl (C=O) groups is 1. The quantitative estimate of drug-likeness (QED) is 0.828. The van der Waals surface area contributed by atoms with Gasteiger partial charge in [-0.15, -0.1) is 0 Å². The topological polar surface area (TPSA) is 69.7 Å². The van der Waals surface area contributed by atoms with Crippen LogP contribution >= 0.6 is 0 Å². The summed E-state index contributed by atoms with van der Waals surface area (Å²) in [6.45, 7) is 6.84. The number of ether oxygens (including phenoxy) is 3. The summed E-state index contributed by atoms with van der Waals surface area (Å²) < 4.78 is 16.6. The van der Waals surface area contributed by atoms with Crippen LogP contribution in [0, 0.1) is 11.3 Å². The third-order valence-corrected chi connectivity index (χ3v) is 4.38. The zero-order valence-corrected chi connectivity index (χ0v) is 15.7. The fourth-order valence-electron chi connectivity index (χ4n) is 2.78. The lowest BCUT2D eigenvalue weighted by molar-refractivity contribution is -0.159. The lowest BCUT2D eigenvalue weighted by Gasteiger charge is -2.20. The molecule has 0 spiro atoms. The van der Waals surface area contributed by atoms with E-state index < -0.39 is 5.41 Å². The number of aromatic nitrogens is 1. The maximum absolute atomic E-state index is 12.0. The van der Waals surface area contributed by atoms with E-state index in [0.717, 1.165) is 29.6 Å². The summed E-state index contributed by atoms with van der Waals surface area (Å²) in [6.07, 6.45) is 0.493. The van der Waals surface area contributed by atoms with Crippen molar-refractivity contribution in [2.75, 3.05) is 20.3 Å². The summed E-state index contributed by atoms with van der Waals surface area (Å²) in [6, 6.07) is 9.63. The van der Waals surface area contributed by atoms with Gasteiger partial charge in [0.1, 0.15) is 5.75 Å². The molecule has 2 atom stereocenters.